The smallest absolute Gasteiger partial charge is 0.159 e. The Morgan fingerprint density at radius 3 is 2.50 bits per heavy atom. The van der Waals surface area contributed by atoms with E-state index in [2.05, 4.69) is 0 Å². The number of hydrogen-bond acceptors (Lipinski definition) is 2. The van der Waals surface area contributed by atoms with Crippen molar-refractivity contribution in [1.82, 2.24) is 0 Å². The number of hydrogen-bond donors (Lipinski definition) is 2. The van der Waals surface area contributed by atoms with E-state index in [1.807, 2.05) is 0 Å². The summed E-state index contributed by atoms with van der Waals surface area (Å²) >= 11 is 0. The second kappa shape index (κ2) is 5.02. The third kappa shape index (κ3) is 2.75. The molecule has 1 aromatic carbocycles. The number of nitrogens with two attached hydrogens (primary N) is 2. The molecule has 0 saturated carbocycles. The molecule has 1 rings (SSSR count). The van der Waals surface area contributed by atoms with E-state index in [1.165, 1.54) is 6.07 Å². The molecule has 4 heteroatoms. The highest BCUT2D eigenvalue weighted by Gasteiger charge is 2.08. The van der Waals surface area contributed by atoms with Gasteiger partial charge in [-0.3, -0.25) is 0 Å². The molecule has 0 fully saturated rings. The van der Waals surface area contributed by atoms with Gasteiger partial charge in [-0.25, -0.2) is 8.78 Å². The third-order valence-electron chi connectivity index (χ3n) is 2.09. The molecular formula is C10H14F2N2. The Morgan fingerprint density at radius 2 is 1.93 bits per heavy atom. The molecule has 1 atom stereocenters. The van der Waals surface area contributed by atoms with Crippen LogP contribution in [0.2, 0.25) is 0 Å². The van der Waals surface area contributed by atoms with E-state index in [4.69, 9.17) is 11.5 Å². The first-order valence-corrected chi connectivity index (χ1v) is 4.55. The summed E-state index contributed by atoms with van der Waals surface area (Å²) in [5, 5.41) is 0. The van der Waals surface area contributed by atoms with Crippen molar-refractivity contribution in [2.45, 2.75) is 18.9 Å². The van der Waals surface area contributed by atoms with E-state index in [9.17, 15) is 8.78 Å². The highest BCUT2D eigenvalue weighted by Crippen LogP contribution is 2.17. The fourth-order valence-electron chi connectivity index (χ4n) is 1.25. The lowest BCUT2D eigenvalue weighted by Gasteiger charge is -2.11. The van der Waals surface area contributed by atoms with Gasteiger partial charge in [0.2, 0.25) is 0 Å². The molecule has 0 bridgehead atoms. The van der Waals surface area contributed by atoms with Crippen LogP contribution in [0.1, 0.15) is 24.4 Å². The Kier molecular flexibility index (Phi) is 3.98. The van der Waals surface area contributed by atoms with Crippen molar-refractivity contribution < 1.29 is 8.78 Å². The molecule has 0 aliphatic heterocycles. The topological polar surface area (TPSA) is 52.0 Å². The standard InChI is InChI=1S/C10H14F2N2/c11-8-4-3-7(6-9(8)12)10(14)2-1-5-13/h3-4,6,10H,1-2,5,13-14H2. The van der Waals surface area contributed by atoms with E-state index < -0.39 is 11.6 Å². The van der Waals surface area contributed by atoms with Gasteiger partial charge in [0.1, 0.15) is 0 Å². The van der Waals surface area contributed by atoms with Crippen LogP contribution in [0.15, 0.2) is 18.2 Å². The summed E-state index contributed by atoms with van der Waals surface area (Å²) in [6, 6.07) is 3.46. The van der Waals surface area contributed by atoms with Crippen molar-refractivity contribution >= 4 is 0 Å². The lowest BCUT2D eigenvalue weighted by molar-refractivity contribution is 0.503. The van der Waals surface area contributed by atoms with E-state index in [1.54, 1.807) is 0 Å². The van der Waals surface area contributed by atoms with Gasteiger partial charge in [-0.05, 0) is 37.1 Å². The van der Waals surface area contributed by atoms with Crippen LogP contribution in [-0.2, 0) is 0 Å². The van der Waals surface area contributed by atoms with Crippen molar-refractivity contribution in [3.8, 4) is 0 Å². The SMILES string of the molecule is NCCCC(N)c1ccc(F)c(F)c1. The highest BCUT2D eigenvalue weighted by atomic mass is 19.2. The minimum Gasteiger partial charge on any atom is -0.330 e. The average Bonchev–Trinajstić information content (AvgIpc) is 2.18. The molecule has 1 unspecified atom stereocenters. The molecule has 0 aliphatic rings. The Morgan fingerprint density at radius 1 is 1.21 bits per heavy atom. The second-order valence-electron chi connectivity index (χ2n) is 3.21. The van der Waals surface area contributed by atoms with E-state index >= 15 is 0 Å². The molecule has 2 nitrogen and oxygen atoms in total. The van der Waals surface area contributed by atoms with E-state index in [0.717, 1.165) is 18.6 Å². The molecule has 0 spiro atoms. The summed E-state index contributed by atoms with van der Waals surface area (Å²) in [4.78, 5) is 0. The molecule has 78 valence electrons. The zero-order valence-electron chi connectivity index (χ0n) is 7.84. The predicted octanol–water partition coefficient (Wildman–Crippen LogP) is 1.70. The molecule has 0 radical (unpaired) electrons. The Bertz CT molecular complexity index is 302. The molecule has 14 heavy (non-hydrogen) atoms. The first kappa shape index (κ1) is 11.1. The average molecular weight is 200 g/mol. The van der Waals surface area contributed by atoms with Crippen molar-refractivity contribution in [3.05, 3.63) is 35.4 Å². The van der Waals surface area contributed by atoms with Crippen molar-refractivity contribution in [1.29, 1.82) is 0 Å². The number of benzene rings is 1. The van der Waals surface area contributed by atoms with Crippen LogP contribution in [0.4, 0.5) is 8.78 Å². The summed E-state index contributed by atoms with van der Waals surface area (Å²) < 4.78 is 25.4. The monoisotopic (exact) mass is 200 g/mol. The van der Waals surface area contributed by atoms with Crippen LogP contribution < -0.4 is 11.5 Å². The van der Waals surface area contributed by atoms with Crippen LogP contribution in [0.5, 0.6) is 0 Å². The second-order valence-corrected chi connectivity index (χ2v) is 3.21. The normalized spacial score (nSPS) is 12.9. The fraction of sp³-hybridized carbons (Fsp3) is 0.400. The maximum Gasteiger partial charge on any atom is 0.159 e. The summed E-state index contributed by atoms with van der Waals surface area (Å²) in [5.41, 5.74) is 11.7. The zero-order valence-corrected chi connectivity index (χ0v) is 7.84. The maximum absolute atomic E-state index is 12.8. The number of halogens is 2. The molecule has 0 amide bonds. The molecule has 1 aromatic rings. The zero-order chi connectivity index (χ0) is 10.6. The Balaban J connectivity index is 2.70. The summed E-state index contributed by atoms with van der Waals surface area (Å²) in [5.74, 6) is -1.70. The van der Waals surface area contributed by atoms with Crippen LogP contribution in [0, 0.1) is 11.6 Å². The van der Waals surface area contributed by atoms with Crippen LogP contribution >= 0.6 is 0 Å². The largest absolute Gasteiger partial charge is 0.330 e. The van der Waals surface area contributed by atoms with Gasteiger partial charge < -0.3 is 11.5 Å². The van der Waals surface area contributed by atoms with Crippen molar-refractivity contribution in [2.24, 2.45) is 11.5 Å². The first-order chi connectivity index (χ1) is 6.65. The van der Waals surface area contributed by atoms with Gasteiger partial charge >= 0.3 is 0 Å². The third-order valence-corrected chi connectivity index (χ3v) is 2.09. The lowest BCUT2D eigenvalue weighted by Crippen LogP contribution is -2.12. The summed E-state index contributed by atoms with van der Waals surface area (Å²) in [7, 11) is 0. The molecule has 0 aromatic heterocycles. The predicted molar refractivity (Wildman–Crippen MR) is 51.6 cm³/mol. The van der Waals surface area contributed by atoms with Crippen LogP contribution in [0.3, 0.4) is 0 Å². The first-order valence-electron chi connectivity index (χ1n) is 4.55. The summed E-state index contributed by atoms with van der Waals surface area (Å²) in [6.45, 7) is 0.553. The minimum absolute atomic E-state index is 0.270. The van der Waals surface area contributed by atoms with E-state index in [-0.39, 0.29) is 6.04 Å². The maximum atomic E-state index is 12.8. The molecular weight excluding hydrogens is 186 g/mol. The van der Waals surface area contributed by atoms with Gasteiger partial charge in [0, 0.05) is 6.04 Å². The quantitative estimate of drug-likeness (QED) is 0.777. The number of rotatable bonds is 4. The Hall–Kier alpha value is -1.00. The lowest BCUT2D eigenvalue weighted by atomic mass is 10.0. The van der Waals surface area contributed by atoms with Gasteiger partial charge in [-0.15, -0.1) is 0 Å². The summed E-state index contributed by atoms with van der Waals surface area (Å²) in [6.07, 6.45) is 1.46. The Labute approximate surface area is 81.9 Å². The minimum atomic E-state index is -0.856. The molecule has 0 saturated heterocycles. The molecule has 4 N–H and O–H groups in total. The van der Waals surface area contributed by atoms with Crippen molar-refractivity contribution in [3.63, 3.8) is 0 Å². The highest BCUT2D eigenvalue weighted by molar-refractivity contribution is 5.20. The molecule has 0 heterocycles. The van der Waals surface area contributed by atoms with Gasteiger partial charge in [0.15, 0.2) is 11.6 Å². The fourth-order valence-corrected chi connectivity index (χ4v) is 1.25. The molecule has 0 aliphatic carbocycles. The van der Waals surface area contributed by atoms with Gasteiger partial charge in [0.25, 0.3) is 0 Å². The van der Waals surface area contributed by atoms with E-state index in [0.29, 0.717) is 18.5 Å². The van der Waals surface area contributed by atoms with Crippen LogP contribution in [0.25, 0.3) is 0 Å². The van der Waals surface area contributed by atoms with Crippen LogP contribution in [-0.4, -0.2) is 6.54 Å². The van der Waals surface area contributed by atoms with Gasteiger partial charge in [-0.2, -0.15) is 0 Å². The van der Waals surface area contributed by atoms with Crippen molar-refractivity contribution in [2.75, 3.05) is 6.54 Å². The van der Waals surface area contributed by atoms with Gasteiger partial charge in [0.05, 0.1) is 0 Å². The van der Waals surface area contributed by atoms with Gasteiger partial charge in [-0.1, -0.05) is 6.07 Å².